The molecule has 2 aliphatic rings. The highest BCUT2D eigenvalue weighted by molar-refractivity contribution is 9.10. The fraction of sp³-hybridized carbons (Fsp3) is 0.318. The summed E-state index contributed by atoms with van der Waals surface area (Å²) in [4.78, 5) is 18.1. The zero-order valence-corrected chi connectivity index (χ0v) is 19.9. The highest BCUT2D eigenvalue weighted by Gasteiger charge is 2.35. The first-order valence-electron chi connectivity index (χ1n) is 9.97. The van der Waals surface area contributed by atoms with Crippen LogP contribution in [0.2, 0.25) is 0 Å². The molecule has 2 aliphatic heterocycles. The molecule has 0 radical (unpaired) electrons. The molecule has 162 valence electrons. The van der Waals surface area contributed by atoms with E-state index in [1.54, 1.807) is 31.0 Å². The number of carbonyl (C=O) groups is 1. The molecule has 0 spiro atoms. The lowest BCUT2D eigenvalue weighted by Crippen LogP contribution is -2.50. The molecule has 1 amide bonds. The van der Waals surface area contributed by atoms with Gasteiger partial charge in [0.1, 0.15) is 17.2 Å². The monoisotopic (exact) mass is 502 g/mol. The predicted octanol–water partition coefficient (Wildman–Crippen LogP) is 3.14. The van der Waals surface area contributed by atoms with Crippen LogP contribution in [-0.4, -0.2) is 36.1 Å². The number of hydrazone groups is 1. The topological polar surface area (TPSA) is 75.5 Å². The van der Waals surface area contributed by atoms with Gasteiger partial charge in [0.2, 0.25) is 0 Å². The molecular formula is C22H23BrN4O3S. The lowest BCUT2D eigenvalue weighted by molar-refractivity contribution is -0.116. The van der Waals surface area contributed by atoms with Crippen LogP contribution in [0.4, 0.5) is 0 Å². The maximum absolute atomic E-state index is 13.2. The number of nitrogens with one attached hydrogen (secondary N) is 1. The summed E-state index contributed by atoms with van der Waals surface area (Å²) in [6.45, 7) is 2.14. The number of amidine groups is 1. The van der Waals surface area contributed by atoms with Crippen molar-refractivity contribution in [2.24, 2.45) is 10.1 Å². The van der Waals surface area contributed by atoms with E-state index >= 15 is 0 Å². The molecular weight excluding hydrogens is 480 g/mol. The minimum absolute atomic E-state index is 0.194. The van der Waals surface area contributed by atoms with Gasteiger partial charge in [-0.25, -0.2) is 5.01 Å². The van der Waals surface area contributed by atoms with E-state index in [-0.39, 0.29) is 5.91 Å². The molecule has 2 aromatic carbocycles. The summed E-state index contributed by atoms with van der Waals surface area (Å²) < 4.78 is 11.8. The van der Waals surface area contributed by atoms with Crippen LogP contribution in [-0.2, 0) is 4.79 Å². The summed E-state index contributed by atoms with van der Waals surface area (Å²) >= 11 is 5.04. The lowest BCUT2D eigenvalue weighted by Gasteiger charge is -2.34. The first-order valence-corrected chi connectivity index (χ1v) is 11.7. The summed E-state index contributed by atoms with van der Waals surface area (Å²) in [5.41, 5.74) is 1.26. The average molecular weight is 503 g/mol. The van der Waals surface area contributed by atoms with Crippen molar-refractivity contribution in [3.05, 3.63) is 57.0 Å². The quantitative estimate of drug-likeness (QED) is 0.614. The van der Waals surface area contributed by atoms with Crippen molar-refractivity contribution < 1.29 is 14.3 Å². The number of hydrogen-bond acceptors (Lipinski definition) is 7. The third-order valence-corrected chi connectivity index (χ3v) is 6.47. The van der Waals surface area contributed by atoms with Crippen LogP contribution in [0.5, 0.6) is 11.5 Å². The number of hydrogen-bond donors (Lipinski definition) is 1. The number of amides is 1. The number of rotatable bonds is 6. The number of fused-ring (bicyclic) bond motifs is 2. The van der Waals surface area contributed by atoms with E-state index < -0.39 is 6.17 Å². The van der Waals surface area contributed by atoms with E-state index in [1.165, 1.54) is 0 Å². The predicted molar refractivity (Wildman–Crippen MR) is 125 cm³/mol. The number of methoxy groups -OCH3 is 2. The van der Waals surface area contributed by atoms with Gasteiger partial charge < -0.3 is 9.47 Å². The second-order valence-corrected chi connectivity index (χ2v) is 9.03. The smallest absolute Gasteiger partial charge is 0.276 e. The first kappa shape index (κ1) is 21.7. The van der Waals surface area contributed by atoms with E-state index in [9.17, 15) is 4.79 Å². The van der Waals surface area contributed by atoms with E-state index in [4.69, 9.17) is 19.6 Å². The standard InChI is InChI=1S/C22H23BrN4O3S/c1-4-5-10-31-22-25-21(28)19-16-11-13(23)6-9-17(16)24-20(27(19)26-22)15-8-7-14(29-2)12-18(15)30-3/h6-9,11-12,20H,4-5,10H2,1-3H3,(H,25,26,28)/t20-/m0/s1. The van der Waals surface area contributed by atoms with Crippen LogP contribution < -0.4 is 25.4 Å². The number of thioether (sulfide) groups is 1. The van der Waals surface area contributed by atoms with Crippen LogP contribution in [0.25, 0.3) is 5.70 Å². The van der Waals surface area contributed by atoms with E-state index in [0.29, 0.717) is 22.4 Å². The molecule has 0 aromatic heterocycles. The van der Waals surface area contributed by atoms with Crippen LogP contribution in [0.1, 0.15) is 31.5 Å². The number of benzene rings is 2. The minimum atomic E-state index is -0.544. The van der Waals surface area contributed by atoms with Crippen molar-refractivity contribution in [3.8, 4) is 11.5 Å². The third kappa shape index (κ3) is 4.29. The highest BCUT2D eigenvalue weighted by Crippen LogP contribution is 2.37. The fourth-order valence-electron chi connectivity index (χ4n) is 3.46. The number of halogens is 1. The van der Waals surface area contributed by atoms with Gasteiger partial charge in [0.05, 0.1) is 19.6 Å². The summed E-state index contributed by atoms with van der Waals surface area (Å²) in [5, 5.41) is 11.5. The van der Waals surface area contributed by atoms with Gasteiger partial charge in [-0.1, -0.05) is 41.0 Å². The van der Waals surface area contributed by atoms with Gasteiger partial charge in [-0.05, 0) is 36.8 Å². The van der Waals surface area contributed by atoms with Crippen LogP contribution in [0.3, 0.4) is 0 Å². The molecule has 0 unspecified atom stereocenters. The lowest BCUT2D eigenvalue weighted by atomic mass is 10.1. The van der Waals surface area contributed by atoms with Gasteiger partial charge >= 0.3 is 0 Å². The Morgan fingerprint density at radius 3 is 2.77 bits per heavy atom. The van der Waals surface area contributed by atoms with Crippen molar-refractivity contribution in [1.82, 2.24) is 10.3 Å². The summed E-state index contributed by atoms with van der Waals surface area (Å²) in [7, 11) is 3.22. The Balaban J connectivity index is 1.89. The van der Waals surface area contributed by atoms with Crippen molar-refractivity contribution >= 4 is 44.5 Å². The number of nitrogens with zero attached hydrogens (tertiary/aromatic N) is 3. The summed E-state index contributed by atoms with van der Waals surface area (Å²) in [5.74, 6) is 1.99. The zero-order valence-electron chi connectivity index (χ0n) is 17.5. The molecule has 31 heavy (non-hydrogen) atoms. The maximum Gasteiger partial charge on any atom is 0.276 e. The molecule has 4 rings (SSSR count). The molecule has 0 fully saturated rings. The van der Waals surface area contributed by atoms with Gasteiger partial charge in [0.25, 0.3) is 5.91 Å². The largest absolute Gasteiger partial charge is 0.497 e. The molecule has 1 atom stereocenters. The number of ether oxygens (including phenoxy) is 2. The molecule has 2 aromatic rings. The van der Waals surface area contributed by atoms with E-state index in [1.807, 2.05) is 36.4 Å². The van der Waals surface area contributed by atoms with Crippen molar-refractivity contribution in [3.63, 3.8) is 0 Å². The molecule has 0 aliphatic carbocycles. The normalized spacial score (nSPS) is 17.2. The molecule has 2 heterocycles. The van der Waals surface area contributed by atoms with Crippen molar-refractivity contribution in [2.45, 2.75) is 25.9 Å². The maximum atomic E-state index is 13.2. The molecule has 0 saturated carbocycles. The van der Waals surface area contributed by atoms with Gasteiger partial charge in [-0.15, -0.1) is 5.10 Å². The Hall–Kier alpha value is -2.52. The van der Waals surface area contributed by atoms with E-state index in [0.717, 1.165) is 39.2 Å². The second kappa shape index (κ2) is 9.32. The Morgan fingerprint density at radius 2 is 2.03 bits per heavy atom. The van der Waals surface area contributed by atoms with Gasteiger partial charge in [0.15, 0.2) is 11.3 Å². The van der Waals surface area contributed by atoms with Gasteiger partial charge in [0, 0.05) is 27.1 Å². The van der Waals surface area contributed by atoms with Gasteiger partial charge in [-0.2, -0.15) is 0 Å². The van der Waals surface area contributed by atoms with Crippen molar-refractivity contribution in [1.29, 1.82) is 0 Å². The van der Waals surface area contributed by atoms with Gasteiger partial charge in [-0.3, -0.25) is 15.1 Å². The number of unbranched alkanes of at least 4 members (excludes halogenated alkanes) is 1. The molecule has 1 N–H and O–H groups in total. The van der Waals surface area contributed by atoms with Crippen LogP contribution in [0.15, 0.2) is 51.0 Å². The molecule has 0 bridgehead atoms. The van der Waals surface area contributed by atoms with E-state index in [2.05, 4.69) is 28.2 Å². The summed E-state index contributed by atoms with van der Waals surface area (Å²) in [6.07, 6.45) is 1.58. The zero-order chi connectivity index (χ0) is 22.0. The number of carbonyl (C=O) groups excluding carboxylic acids is 1. The molecule has 9 heteroatoms. The average Bonchev–Trinajstić information content (AvgIpc) is 2.78. The molecule has 0 saturated heterocycles. The highest BCUT2D eigenvalue weighted by atomic mass is 79.9. The first-order chi connectivity index (χ1) is 15.0. The van der Waals surface area contributed by atoms with Crippen LogP contribution in [0, 0.1) is 0 Å². The second-order valence-electron chi connectivity index (χ2n) is 7.03. The summed E-state index contributed by atoms with van der Waals surface area (Å²) in [6, 6.07) is 11.3. The third-order valence-electron chi connectivity index (χ3n) is 5.03. The molecule has 7 nitrogen and oxygen atoms in total. The Labute approximate surface area is 193 Å². The van der Waals surface area contributed by atoms with Crippen molar-refractivity contribution in [2.75, 3.05) is 20.0 Å². The fourth-order valence-corrected chi connectivity index (χ4v) is 4.76. The Kier molecular flexibility index (Phi) is 6.52. The SMILES string of the molecule is CCCCSC1=NN2C(=c3cc(Br)ccc3=N[C@@H]2c2ccc(OC)cc2OC)C(=O)N1. The Morgan fingerprint density at radius 1 is 1.19 bits per heavy atom. The minimum Gasteiger partial charge on any atom is -0.497 e. The Bertz CT molecular complexity index is 1170. The van der Waals surface area contributed by atoms with Crippen LogP contribution >= 0.6 is 27.7 Å².